The topological polar surface area (TPSA) is 62.1 Å². The van der Waals surface area contributed by atoms with E-state index in [1.54, 1.807) is 0 Å². The summed E-state index contributed by atoms with van der Waals surface area (Å²) in [7, 11) is 0. The third kappa shape index (κ3) is 4.21. The van der Waals surface area contributed by atoms with Gasteiger partial charge < -0.3 is 10.1 Å². The fourth-order valence-corrected chi connectivity index (χ4v) is 2.39. The molecule has 1 aliphatic rings. The molecule has 1 rings (SSSR count). The Hall–Kier alpha value is -1.24. The van der Waals surface area contributed by atoms with E-state index in [-0.39, 0.29) is 11.0 Å². The molecule has 1 N–H and O–H groups in total. The Morgan fingerprint density at radius 2 is 1.89 bits per heavy atom. The minimum Gasteiger partial charge on any atom is -0.430 e. The summed E-state index contributed by atoms with van der Waals surface area (Å²) in [6.07, 6.45) is 4.18. The maximum absolute atomic E-state index is 11.7. The highest BCUT2D eigenvalue weighted by molar-refractivity contribution is 5.68. The van der Waals surface area contributed by atoms with Gasteiger partial charge in [0.2, 0.25) is 0 Å². The number of nitriles is 1. The van der Waals surface area contributed by atoms with Crippen LogP contribution < -0.4 is 5.32 Å². The molecule has 1 amide bonds. The standard InChI is InChI=1S/C14H24N2O2/c1-13(2,3)16-12(17)18-11(10-15)14(4)8-6-5-7-9-14/h11H,5-9H2,1-4H3,(H,16,17). The molecule has 0 aromatic heterocycles. The van der Waals surface area contributed by atoms with Crippen LogP contribution in [0.1, 0.15) is 59.8 Å². The molecular weight excluding hydrogens is 228 g/mol. The van der Waals surface area contributed by atoms with Gasteiger partial charge in [0.15, 0.2) is 6.10 Å². The molecule has 0 aromatic carbocycles. The number of ether oxygens (including phenoxy) is 1. The number of hydrogen-bond acceptors (Lipinski definition) is 3. The van der Waals surface area contributed by atoms with E-state index in [1.807, 2.05) is 27.7 Å². The number of carbonyl (C=O) groups excluding carboxylic acids is 1. The van der Waals surface area contributed by atoms with Crippen LogP contribution in [0.4, 0.5) is 4.79 Å². The molecule has 1 saturated carbocycles. The lowest BCUT2D eigenvalue weighted by Crippen LogP contribution is -2.45. The zero-order valence-electron chi connectivity index (χ0n) is 11.9. The molecule has 0 aliphatic heterocycles. The Bertz CT molecular complexity index is 333. The van der Waals surface area contributed by atoms with Crippen molar-refractivity contribution >= 4 is 6.09 Å². The second-order valence-corrected chi connectivity index (χ2v) is 6.50. The quantitative estimate of drug-likeness (QED) is 0.819. The number of carbonyl (C=O) groups is 1. The van der Waals surface area contributed by atoms with E-state index in [2.05, 4.69) is 11.4 Å². The first-order valence-electron chi connectivity index (χ1n) is 6.65. The first-order valence-corrected chi connectivity index (χ1v) is 6.65. The molecule has 0 aromatic rings. The summed E-state index contributed by atoms with van der Waals surface area (Å²) in [5, 5.41) is 12.0. The van der Waals surface area contributed by atoms with Gasteiger partial charge in [0.25, 0.3) is 0 Å². The Morgan fingerprint density at radius 1 is 1.33 bits per heavy atom. The first-order chi connectivity index (χ1) is 8.27. The highest BCUT2D eigenvalue weighted by atomic mass is 16.6. The molecule has 0 heterocycles. The second kappa shape index (κ2) is 5.60. The maximum Gasteiger partial charge on any atom is 0.408 e. The van der Waals surface area contributed by atoms with E-state index in [0.29, 0.717) is 0 Å². The van der Waals surface area contributed by atoms with Gasteiger partial charge in [0.05, 0.1) is 0 Å². The van der Waals surface area contributed by atoms with Gasteiger partial charge in [0, 0.05) is 11.0 Å². The van der Waals surface area contributed by atoms with Crippen LogP contribution in [0.5, 0.6) is 0 Å². The Kier molecular flexibility index (Phi) is 4.61. The van der Waals surface area contributed by atoms with Crippen LogP contribution in [-0.2, 0) is 4.74 Å². The molecule has 0 spiro atoms. The van der Waals surface area contributed by atoms with E-state index < -0.39 is 12.2 Å². The summed E-state index contributed by atoms with van der Waals surface area (Å²) in [4.78, 5) is 11.7. The SMILES string of the molecule is CC(C)(C)NC(=O)OC(C#N)C1(C)CCCCC1. The average molecular weight is 252 g/mol. The van der Waals surface area contributed by atoms with Crippen LogP contribution in [0.2, 0.25) is 0 Å². The summed E-state index contributed by atoms with van der Waals surface area (Å²) >= 11 is 0. The largest absolute Gasteiger partial charge is 0.430 e. The second-order valence-electron chi connectivity index (χ2n) is 6.50. The van der Waals surface area contributed by atoms with Crippen molar-refractivity contribution in [3.63, 3.8) is 0 Å². The predicted molar refractivity (Wildman–Crippen MR) is 70.0 cm³/mol. The fraction of sp³-hybridized carbons (Fsp3) is 0.857. The molecule has 1 aliphatic carbocycles. The number of nitrogens with zero attached hydrogens (tertiary/aromatic N) is 1. The third-order valence-corrected chi connectivity index (χ3v) is 3.45. The number of amides is 1. The van der Waals surface area contributed by atoms with Crippen LogP contribution in [0.3, 0.4) is 0 Å². The highest BCUT2D eigenvalue weighted by Gasteiger charge is 2.38. The maximum atomic E-state index is 11.7. The van der Waals surface area contributed by atoms with Crippen LogP contribution in [0.25, 0.3) is 0 Å². The van der Waals surface area contributed by atoms with Crippen molar-refractivity contribution in [2.75, 3.05) is 0 Å². The molecule has 1 atom stereocenters. The van der Waals surface area contributed by atoms with Gasteiger partial charge in [0.1, 0.15) is 6.07 Å². The van der Waals surface area contributed by atoms with Crippen LogP contribution in [-0.4, -0.2) is 17.7 Å². The molecule has 18 heavy (non-hydrogen) atoms. The molecule has 102 valence electrons. The normalized spacial score (nSPS) is 20.6. The molecular formula is C14H24N2O2. The molecule has 4 nitrogen and oxygen atoms in total. The van der Waals surface area contributed by atoms with Crippen molar-refractivity contribution in [1.29, 1.82) is 5.26 Å². The average Bonchev–Trinajstić information content (AvgIpc) is 2.24. The van der Waals surface area contributed by atoms with Gasteiger partial charge in [-0.1, -0.05) is 26.2 Å². The summed E-state index contributed by atoms with van der Waals surface area (Å²) in [6, 6.07) is 2.15. The molecule has 0 radical (unpaired) electrons. The third-order valence-electron chi connectivity index (χ3n) is 3.45. The van der Waals surface area contributed by atoms with Crippen molar-refractivity contribution in [3.05, 3.63) is 0 Å². The van der Waals surface area contributed by atoms with E-state index in [9.17, 15) is 10.1 Å². The minimum atomic E-state index is -0.653. The van der Waals surface area contributed by atoms with E-state index in [4.69, 9.17) is 4.74 Å². The summed E-state index contributed by atoms with van der Waals surface area (Å²) in [5.41, 5.74) is -0.535. The number of alkyl carbamates (subject to hydrolysis) is 1. The Balaban J connectivity index is 2.62. The lowest BCUT2D eigenvalue weighted by atomic mass is 9.72. The first kappa shape index (κ1) is 14.8. The van der Waals surface area contributed by atoms with Gasteiger partial charge in [-0.15, -0.1) is 0 Å². The van der Waals surface area contributed by atoms with Crippen LogP contribution in [0.15, 0.2) is 0 Å². The van der Waals surface area contributed by atoms with Crippen molar-refractivity contribution in [1.82, 2.24) is 5.32 Å². The fourth-order valence-electron chi connectivity index (χ4n) is 2.39. The number of rotatable bonds is 2. The van der Waals surface area contributed by atoms with Gasteiger partial charge in [-0.25, -0.2) is 4.79 Å². The van der Waals surface area contributed by atoms with E-state index in [0.717, 1.165) is 25.7 Å². The zero-order valence-corrected chi connectivity index (χ0v) is 11.9. The van der Waals surface area contributed by atoms with Crippen LogP contribution >= 0.6 is 0 Å². The Labute approximate surface area is 110 Å². The van der Waals surface area contributed by atoms with Gasteiger partial charge in [-0.05, 0) is 33.6 Å². The highest BCUT2D eigenvalue weighted by Crippen LogP contribution is 2.39. The summed E-state index contributed by atoms with van der Waals surface area (Å²) in [5.74, 6) is 0. The van der Waals surface area contributed by atoms with Crippen molar-refractivity contribution in [2.45, 2.75) is 71.4 Å². The lowest BCUT2D eigenvalue weighted by Gasteiger charge is -2.36. The monoisotopic (exact) mass is 252 g/mol. The van der Waals surface area contributed by atoms with Gasteiger partial charge >= 0.3 is 6.09 Å². The summed E-state index contributed by atoms with van der Waals surface area (Å²) < 4.78 is 5.31. The summed E-state index contributed by atoms with van der Waals surface area (Å²) in [6.45, 7) is 7.71. The lowest BCUT2D eigenvalue weighted by molar-refractivity contribution is 0.0230. The molecule has 4 heteroatoms. The van der Waals surface area contributed by atoms with E-state index >= 15 is 0 Å². The molecule has 1 unspecified atom stereocenters. The van der Waals surface area contributed by atoms with Crippen LogP contribution in [0, 0.1) is 16.7 Å². The Morgan fingerprint density at radius 3 is 2.33 bits per heavy atom. The van der Waals surface area contributed by atoms with Gasteiger partial charge in [-0.2, -0.15) is 5.26 Å². The minimum absolute atomic E-state index is 0.192. The number of nitrogens with one attached hydrogen (secondary N) is 1. The van der Waals surface area contributed by atoms with Crippen molar-refractivity contribution in [2.24, 2.45) is 5.41 Å². The van der Waals surface area contributed by atoms with Crippen molar-refractivity contribution < 1.29 is 9.53 Å². The van der Waals surface area contributed by atoms with E-state index in [1.165, 1.54) is 6.42 Å². The molecule has 1 fully saturated rings. The van der Waals surface area contributed by atoms with Crippen molar-refractivity contribution in [3.8, 4) is 6.07 Å². The zero-order chi connectivity index (χ0) is 13.8. The smallest absolute Gasteiger partial charge is 0.408 e. The molecule has 0 saturated heterocycles. The number of hydrogen-bond donors (Lipinski definition) is 1. The molecule has 0 bridgehead atoms. The predicted octanol–water partition coefficient (Wildman–Crippen LogP) is 3.37. The van der Waals surface area contributed by atoms with Gasteiger partial charge in [-0.3, -0.25) is 0 Å².